The highest BCUT2D eigenvalue weighted by molar-refractivity contribution is 7.22. The van der Waals surface area contributed by atoms with Gasteiger partial charge in [0, 0.05) is 5.56 Å². The van der Waals surface area contributed by atoms with E-state index in [0.717, 1.165) is 33.3 Å². The molecule has 148 valence electrons. The molecule has 1 aromatic heterocycles. The minimum absolute atomic E-state index is 0.0194. The van der Waals surface area contributed by atoms with Gasteiger partial charge in [-0.15, -0.1) is 0 Å². The van der Waals surface area contributed by atoms with Crippen molar-refractivity contribution in [2.45, 2.75) is 0 Å². The quantitative estimate of drug-likeness (QED) is 0.535. The number of amides is 1. The zero-order valence-electron chi connectivity index (χ0n) is 16.8. The van der Waals surface area contributed by atoms with Crippen LogP contribution in [0.1, 0.15) is 10.4 Å². The molecular weight excluding hydrogens is 382 g/mol. The maximum absolute atomic E-state index is 13.6. The molecule has 29 heavy (non-hydrogen) atoms. The molecule has 5 nitrogen and oxygen atoms in total. The minimum atomic E-state index is -0.0194. The summed E-state index contributed by atoms with van der Waals surface area (Å²) in [6.45, 7) is 1.43. The zero-order valence-corrected chi connectivity index (χ0v) is 17.6. The van der Waals surface area contributed by atoms with Crippen LogP contribution in [0.5, 0.6) is 5.75 Å². The van der Waals surface area contributed by atoms with E-state index in [1.54, 1.807) is 7.11 Å². The molecule has 0 saturated heterocycles. The summed E-state index contributed by atoms with van der Waals surface area (Å²) in [5, 5.41) is 2.74. The van der Waals surface area contributed by atoms with Crippen LogP contribution >= 0.6 is 11.3 Å². The lowest BCUT2D eigenvalue weighted by molar-refractivity contribution is -0.856. The molecule has 3 aromatic carbocycles. The number of ether oxygens (including phenoxy) is 1. The smallest absolute Gasteiger partial charge is 0.260 e. The van der Waals surface area contributed by atoms with Gasteiger partial charge in [-0.05, 0) is 35.0 Å². The number of carbonyl (C=O) groups is 1. The van der Waals surface area contributed by atoms with Crippen LogP contribution in [-0.4, -0.2) is 45.2 Å². The molecular formula is C23H24N3O2S+. The van der Waals surface area contributed by atoms with E-state index in [2.05, 4.69) is 14.1 Å². The summed E-state index contributed by atoms with van der Waals surface area (Å²) < 4.78 is 6.34. The van der Waals surface area contributed by atoms with Gasteiger partial charge in [-0.3, -0.25) is 9.69 Å². The first kappa shape index (κ1) is 19.4. The molecule has 0 radical (unpaired) electrons. The maximum Gasteiger partial charge on any atom is 0.260 e. The zero-order chi connectivity index (χ0) is 20.4. The fourth-order valence-corrected chi connectivity index (χ4v) is 4.33. The van der Waals surface area contributed by atoms with Gasteiger partial charge < -0.3 is 9.64 Å². The number of hydrogen-bond donors (Lipinski definition) is 1. The Morgan fingerprint density at radius 2 is 1.90 bits per heavy atom. The first-order valence-corrected chi connectivity index (χ1v) is 10.4. The third-order valence-electron chi connectivity index (χ3n) is 4.92. The second kappa shape index (κ2) is 8.19. The maximum atomic E-state index is 13.6. The topological polar surface area (TPSA) is 46.9 Å². The second-order valence-electron chi connectivity index (χ2n) is 7.27. The number of likely N-dealkylation sites (N-methyl/N-ethyl adjacent to an activating group) is 1. The van der Waals surface area contributed by atoms with E-state index in [4.69, 9.17) is 9.72 Å². The number of rotatable bonds is 6. The molecule has 6 heteroatoms. The summed E-state index contributed by atoms with van der Waals surface area (Å²) in [6.07, 6.45) is 0. The van der Waals surface area contributed by atoms with Gasteiger partial charge in [-0.2, -0.15) is 0 Å². The lowest BCUT2D eigenvalue weighted by Gasteiger charge is -2.21. The largest absolute Gasteiger partial charge is 0.497 e. The van der Waals surface area contributed by atoms with Crippen molar-refractivity contribution in [3.05, 3.63) is 66.2 Å². The Labute approximate surface area is 174 Å². The summed E-state index contributed by atoms with van der Waals surface area (Å²) in [6, 6.07) is 19.7. The average molecular weight is 407 g/mol. The third kappa shape index (κ3) is 3.95. The molecule has 1 amide bonds. The number of fused-ring (bicyclic) bond motifs is 2. The SMILES string of the molecule is COc1ccc2nc(N(CC[NH+](C)C)C(=O)c3cccc4ccccc34)sc2c1. The number of carbonyl (C=O) groups excluding carboxylic acids is 1. The fourth-order valence-electron chi connectivity index (χ4n) is 3.31. The molecule has 4 aromatic rings. The van der Waals surface area contributed by atoms with Crippen LogP contribution < -0.4 is 14.5 Å². The molecule has 0 saturated carbocycles. The molecule has 4 rings (SSSR count). The van der Waals surface area contributed by atoms with E-state index in [0.29, 0.717) is 17.2 Å². The third-order valence-corrected chi connectivity index (χ3v) is 5.96. The van der Waals surface area contributed by atoms with Crippen molar-refractivity contribution in [1.29, 1.82) is 0 Å². The van der Waals surface area contributed by atoms with E-state index < -0.39 is 0 Å². The second-order valence-corrected chi connectivity index (χ2v) is 8.28. The van der Waals surface area contributed by atoms with Crippen LogP contribution in [0.4, 0.5) is 5.13 Å². The van der Waals surface area contributed by atoms with E-state index in [-0.39, 0.29) is 5.91 Å². The molecule has 0 unspecified atom stereocenters. The van der Waals surface area contributed by atoms with Crippen LogP contribution in [-0.2, 0) is 0 Å². The van der Waals surface area contributed by atoms with Crippen molar-refractivity contribution in [2.24, 2.45) is 0 Å². The molecule has 0 aliphatic carbocycles. The van der Waals surface area contributed by atoms with Crippen LogP contribution in [0.25, 0.3) is 21.0 Å². The molecule has 0 atom stereocenters. The van der Waals surface area contributed by atoms with E-state index in [1.807, 2.05) is 65.6 Å². The van der Waals surface area contributed by atoms with Crippen molar-refractivity contribution in [1.82, 2.24) is 4.98 Å². The molecule has 0 spiro atoms. The Morgan fingerprint density at radius 3 is 2.69 bits per heavy atom. The molecule has 0 aliphatic heterocycles. The first-order valence-electron chi connectivity index (χ1n) is 9.60. The predicted octanol–water partition coefficient (Wildman–Crippen LogP) is 3.25. The van der Waals surface area contributed by atoms with Crippen LogP contribution in [0.2, 0.25) is 0 Å². The van der Waals surface area contributed by atoms with E-state index >= 15 is 0 Å². The van der Waals surface area contributed by atoms with Crippen molar-refractivity contribution in [3.63, 3.8) is 0 Å². The average Bonchev–Trinajstić information content (AvgIpc) is 3.15. The van der Waals surface area contributed by atoms with Gasteiger partial charge in [0.15, 0.2) is 5.13 Å². The van der Waals surface area contributed by atoms with Gasteiger partial charge in [0.1, 0.15) is 5.75 Å². The van der Waals surface area contributed by atoms with Gasteiger partial charge in [0.25, 0.3) is 5.91 Å². The van der Waals surface area contributed by atoms with Gasteiger partial charge >= 0.3 is 0 Å². The summed E-state index contributed by atoms with van der Waals surface area (Å²) in [5.41, 5.74) is 1.58. The number of anilines is 1. The standard InChI is InChI=1S/C23H23N3O2S/c1-25(2)13-14-26(23-24-20-12-11-17(28-3)15-21(20)29-23)22(27)19-10-6-8-16-7-4-5-9-18(16)19/h4-12,15H,13-14H2,1-3H3/p+1. The Balaban J connectivity index is 1.78. The van der Waals surface area contributed by atoms with E-state index in [1.165, 1.54) is 16.2 Å². The highest BCUT2D eigenvalue weighted by Crippen LogP contribution is 2.32. The lowest BCUT2D eigenvalue weighted by Crippen LogP contribution is -3.06. The van der Waals surface area contributed by atoms with Crippen molar-refractivity contribution >= 4 is 43.4 Å². The lowest BCUT2D eigenvalue weighted by atomic mass is 10.0. The summed E-state index contributed by atoms with van der Waals surface area (Å²) >= 11 is 1.52. The summed E-state index contributed by atoms with van der Waals surface area (Å²) in [4.78, 5) is 21.5. The number of hydrogen-bond acceptors (Lipinski definition) is 4. The van der Waals surface area contributed by atoms with Crippen LogP contribution in [0.3, 0.4) is 0 Å². The number of methoxy groups -OCH3 is 1. The Bertz CT molecular complexity index is 1160. The van der Waals surface area contributed by atoms with Crippen molar-refractivity contribution < 1.29 is 14.4 Å². The normalized spacial score (nSPS) is 11.3. The molecule has 1 heterocycles. The predicted molar refractivity (Wildman–Crippen MR) is 119 cm³/mol. The molecule has 0 bridgehead atoms. The Hall–Kier alpha value is -2.96. The highest BCUT2D eigenvalue weighted by atomic mass is 32.1. The van der Waals surface area contributed by atoms with Crippen molar-refractivity contribution in [2.75, 3.05) is 39.2 Å². The molecule has 0 aliphatic rings. The monoisotopic (exact) mass is 406 g/mol. The van der Waals surface area contributed by atoms with Gasteiger partial charge in [0.2, 0.25) is 0 Å². The molecule has 0 fully saturated rings. The minimum Gasteiger partial charge on any atom is -0.497 e. The van der Waals surface area contributed by atoms with Crippen molar-refractivity contribution in [3.8, 4) is 5.75 Å². The van der Waals surface area contributed by atoms with Crippen LogP contribution in [0.15, 0.2) is 60.7 Å². The first-order chi connectivity index (χ1) is 14.1. The number of aromatic nitrogens is 1. The number of quaternary nitrogens is 1. The number of benzene rings is 3. The Kier molecular flexibility index (Phi) is 5.47. The van der Waals surface area contributed by atoms with Gasteiger partial charge in [0.05, 0.1) is 44.5 Å². The fraction of sp³-hybridized carbons (Fsp3) is 0.217. The summed E-state index contributed by atoms with van der Waals surface area (Å²) in [7, 11) is 5.83. The van der Waals surface area contributed by atoms with Crippen LogP contribution in [0, 0.1) is 0 Å². The Morgan fingerprint density at radius 1 is 1.10 bits per heavy atom. The van der Waals surface area contributed by atoms with Gasteiger partial charge in [-0.1, -0.05) is 47.7 Å². The summed E-state index contributed by atoms with van der Waals surface area (Å²) in [5.74, 6) is 0.770. The molecule has 1 N–H and O–H groups in total. The number of nitrogens with zero attached hydrogens (tertiary/aromatic N) is 2. The highest BCUT2D eigenvalue weighted by Gasteiger charge is 2.23. The van der Waals surface area contributed by atoms with Gasteiger partial charge in [-0.25, -0.2) is 4.98 Å². The number of thiazole rings is 1. The van der Waals surface area contributed by atoms with E-state index in [9.17, 15) is 4.79 Å². The number of nitrogens with one attached hydrogen (secondary N) is 1.